The number of aliphatic hydroxyl groups is 1. The van der Waals surface area contributed by atoms with Crippen LogP contribution in [0.3, 0.4) is 0 Å². The van der Waals surface area contributed by atoms with Gasteiger partial charge in [-0.05, 0) is 13.8 Å². The predicted molar refractivity (Wildman–Crippen MR) is 73.9 cm³/mol. The fourth-order valence-corrected chi connectivity index (χ4v) is 1.84. The molecule has 3 N–H and O–H groups in total. The second-order valence-corrected chi connectivity index (χ2v) is 4.99. The van der Waals surface area contributed by atoms with Crippen LogP contribution in [0.15, 0.2) is 18.2 Å². The van der Waals surface area contributed by atoms with Crippen molar-refractivity contribution in [2.75, 3.05) is 20.8 Å². The molecule has 2 atom stereocenters. The third-order valence-corrected chi connectivity index (χ3v) is 2.78. The van der Waals surface area contributed by atoms with Gasteiger partial charge in [0.1, 0.15) is 17.2 Å². The first-order valence-corrected chi connectivity index (χ1v) is 6.19. The van der Waals surface area contributed by atoms with Crippen molar-refractivity contribution in [3.05, 3.63) is 18.2 Å². The lowest BCUT2D eigenvalue weighted by Gasteiger charge is -2.26. The summed E-state index contributed by atoms with van der Waals surface area (Å²) in [5, 5.41) is 9.15. The Hall–Kier alpha value is -1.46. The van der Waals surface area contributed by atoms with Crippen LogP contribution in [0.25, 0.3) is 0 Å². The van der Waals surface area contributed by atoms with Crippen LogP contribution in [0.5, 0.6) is 17.2 Å². The molecule has 0 radical (unpaired) electrons. The highest BCUT2D eigenvalue weighted by atomic mass is 16.5. The molecule has 0 aliphatic rings. The zero-order chi connectivity index (χ0) is 14.5. The molecule has 19 heavy (non-hydrogen) atoms. The number of rotatable bonds is 7. The maximum atomic E-state index is 9.15. The number of nitrogens with two attached hydrogens (primary N) is 1. The normalized spacial score (nSPS) is 15.5. The van der Waals surface area contributed by atoms with Crippen molar-refractivity contribution in [2.24, 2.45) is 5.73 Å². The van der Waals surface area contributed by atoms with Crippen LogP contribution in [-0.2, 0) is 0 Å². The minimum atomic E-state index is -0.650. The van der Waals surface area contributed by atoms with E-state index >= 15 is 0 Å². The van der Waals surface area contributed by atoms with Gasteiger partial charge in [0.2, 0.25) is 0 Å². The molecular weight excluding hydrogens is 246 g/mol. The van der Waals surface area contributed by atoms with Gasteiger partial charge in [-0.15, -0.1) is 0 Å². The molecule has 1 aromatic rings. The molecule has 0 heterocycles. The standard InChI is InChI=1S/C14H23NO4/c1-10(8-14(2,15)9-16)19-13-6-11(17-3)5-12(7-13)18-4/h5-7,10,16H,8-9,15H2,1-4H3. The highest BCUT2D eigenvalue weighted by Gasteiger charge is 2.21. The van der Waals surface area contributed by atoms with E-state index in [0.717, 1.165) is 0 Å². The Labute approximate surface area is 114 Å². The van der Waals surface area contributed by atoms with Gasteiger partial charge in [-0.25, -0.2) is 0 Å². The largest absolute Gasteiger partial charge is 0.496 e. The number of benzene rings is 1. The lowest BCUT2D eigenvalue weighted by molar-refractivity contribution is 0.133. The first-order valence-electron chi connectivity index (χ1n) is 6.19. The van der Waals surface area contributed by atoms with Gasteiger partial charge >= 0.3 is 0 Å². The topological polar surface area (TPSA) is 73.9 Å². The number of hydrogen-bond acceptors (Lipinski definition) is 5. The van der Waals surface area contributed by atoms with E-state index in [4.69, 9.17) is 25.1 Å². The number of hydrogen-bond donors (Lipinski definition) is 2. The molecule has 0 amide bonds. The highest BCUT2D eigenvalue weighted by Crippen LogP contribution is 2.28. The summed E-state index contributed by atoms with van der Waals surface area (Å²) in [5.74, 6) is 1.98. The van der Waals surface area contributed by atoms with Gasteiger partial charge in [-0.2, -0.15) is 0 Å². The van der Waals surface area contributed by atoms with Crippen molar-refractivity contribution in [1.82, 2.24) is 0 Å². The third-order valence-electron chi connectivity index (χ3n) is 2.78. The zero-order valence-electron chi connectivity index (χ0n) is 12.0. The Bertz CT molecular complexity index is 384. The van der Waals surface area contributed by atoms with Crippen LogP contribution in [0.2, 0.25) is 0 Å². The second-order valence-electron chi connectivity index (χ2n) is 4.99. The minimum Gasteiger partial charge on any atom is -0.496 e. The number of methoxy groups -OCH3 is 2. The van der Waals surface area contributed by atoms with E-state index in [2.05, 4.69) is 0 Å². The molecule has 0 bridgehead atoms. The molecule has 2 unspecified atom stereocenters. The first-order chi connectivity index (χ1) is 8.90. The fraction of sp³-hybridized carbons (Fsp3) is 0.571. The lowest BCUT2D eigenvalue weighted by Crippen LogP contribution is -2.43. The lowest BCUT2D eigenvalue weighted by atomic mass is 9.97. The van der Waals surface area contributed by atoms with Gasteiger partial charge in [-0.3, -0.25) is 0 Å². The molecule has 5 nitrogen and oxygen atoms in total. The Balaban J connectivity index is 2.75. The second kappa shape index (κ2) is 6.63. The quantitative estimate of drug-likeness (QED) is 0.786. The van der Waals surface area contributed by atoms with Crippen molar-refractivity contribution in [2.45, 2.75) is 31.9 Å². The average Bonchev–Trinajstić information content (AvgIpc) is 2.37. The molecule has 0 fully saturated rings. The van der Waals surface area contributed by atoms with Crippen molar-refractivity contribution in [1.29, 1.82) is 0 Å². The van der Waals surface area contributed by atoms with E-state index in [1.807, 2.05) is 6.92 Å². The molecular formula is C14H23NO4. The van der Waals surface area contributed by atoms with E-state index in [1.54, 1.807) is 39.3 Å². The average molecular weight is 269 g/mol. The minimum absolute atomic E-state index is 0.0812. The van der Waals surface area contributed by atoms with Crippen LogP contribution in [0.4, 0.5) is 0 Å². The summed E-state index contributed by atoms with van der Waals surface area (Å²) in [6.07, 6.45) is 0.419. The third kappa shape index (κ3) is 4.96. The van der Waals surface area contributed by atoms with Crippen molar-refractivity contribution in [3.63, 3.8) is 0 Å². The smallest absolute Gasteiger partial charge is 0.127 e. The summed E-state index contributed by atoms with van der Waals surface area (Å²) in [5.41, 5.74) is 5.25. The van der Waals surface area contributed by atoms with E-state index in [9.17, 15) is 0 Å². The van der Waals surface area contributed by atoms with Gasteiger partial charge in [-0.1, -0.05) is 0 Å². The van der Waals surface area contributed by atoms with E-state index in [0.29, 0.717) is 23.7 Å². The van der Waals surface area contributed by atoms with Gasteiger partial charge in [0.25, 0.3) is 0 Å². The van der Waals surface area contributed by atoms with E-state index in [1.165, 1.54) is 0 Å². The monoisotopic (exact) mass is 269 g/mol. The number of aliphatic hydroxyl groups excluding tert-OH is 1. The molecule has 108 valence electrons. The van der Waals surface area contributed by atoms with Crippen LogP contribution < -0.4 is 19.9 Å². The molecule has 0 aromatic heterocycles. The maximum absolute atomic E-state index is 9.15. The van der Waals surface area contributed by atoms with Crippen LogP contribution in [-0.4, -0.2) is 37.6 Å². The molecule has 1 rings (SSSR count). The van der Waals surface area contributed by atoms with Crippen LogP contribution in [0, 0.1) is 0 Å². The number of ether oxygens (including phenoxy) is 3. The van der Waals surface area contributed by atoms with Crippen LogP contribution >= 0.6 is 0 Å². The van der Waals surface area contributed by atoms with E-state index in [-0.39, 0.29) is 12.7 Å². The zero-order valence-corrected chi connectivity index (χ0v) is 12.0. The molecule has 0 saturated heterocycles. The predicted octanol–water partition coefficient (Wildman–Crippen LogP) is 1.57. The molecule has 0 aliphatic heterocycles. The molecule has 0 saturated carbocycles. The summed E-state index contributed by atoms with van der Waals surface area (Å²) in [6.45, 7) is 3.62. The van der Waals surface area contributed by atoms with Crippen LogP contribution in [0.1, 0.15) is 20.3 Å². The molecule has 0 spiro atoms. The Kier molecular flexibility index (Phi) is 5.44. The summed E-state index contributed by atoms with van der Waals surface area (Å²) >= 11 is 0. The summed E-state index contributed by atoms with van der Waals surface area (Å²) < 4.78 is 16.1. The van der Waals surface area contributed by atoms with Gasteiger partial charge in [0.15, 0.2) is 0 Å². The summed E-state index contributed by atoms with van der Waals surface area (Å²) in [6, 6.07) is 5.34. The SMILES string of the molecule is COc1cc(OC)cc(OC(C)CC(C)(N)CO)c1. The van der Waals surface area contributed by atoms with Gasteiger partial charge in [0.05, 0.1) is 26.9 Å². The Morgan fingerprint density at radius 2 is 1.63 bits per heavy atom. The van der Waals surface area contributed by atoms with E-state index < -0.39 is 5.54 Å². The Morgan fingerprint density at radius 3 is 2.05 bits per heavy atom. The molecule has 5 heteroatoms. The highest BCUT2D eigenvalue weighted by molar-refractivity contribution is 5.42. The molecule has 0 aliphatic carbocycles. The fourth-order valence-electron chi connectivity index (χ4n) is 1.84. The van der Waals surface area contributed by atoms with Gasteiger partial charge < -0.3 is 25.1 Å². The van der Waals surface area contributed by atoms with Gasteiger partial charge in [0, 0.05) is 30.2 Å². The maximum Gasteiger partial charge on any atom is 0.127 e. The summed E-state index contributed by atoms with van der Waals surface area (Å²) in [7, 11) is 3.18. The molecule has 1 aromatic carbocycles. The van der Waals surface area contributed by atoms with Crippen molar-refractivity contribution < 1.29 is 19.3 Å². The Morgan fingerprint density at radius 1 is 1.16 bits per heavy atom. The first kappa shape index (κ1) is 15.6. The van der Waals surface area contributed by atoms with Crippen molar-refractivity contribution >= 4 is 0 Å². The summed E-state index contributed by atoms with van der Waals surface area (Å²) in [4.78, 5) is 0. The van der Waals surface area contributed by atoms with Crippen molar-refractivity contribution in [3.8, 4) is 17.2 Å².